The number of alkyl halides is 3. The molecule has 1 aliphatic carbocycles. The Balaban J connectivity index is 1.64. The number of aromatic nitrogens is 2. The van der Waals surface area contributed by atoms with Gasteiger partial charge in [0.25, 0.3) is 0 Å². The molecule has 0 fully saturated rings. The number of amides is 2. The number of methoxy groups -OCH3 is 3. The van der Waals surface area contributed by atoms with Gasteiger partial charge in [-0.15, -0.1) is 0 Å². The van der Waals surface area contributed by atoms with Crippen molar-refractivity contribution < 1.29 is 32.2 Å². The average molecular weight is 442 g/mol. The monoisotopic (exact) mass is 442 g/mol. The van der Waals surface area contributed by atoms with Crippen LogP contribution in [-0.2, 0) is 25.6 Å². The number of urea groups is 1. The molecule has 0 radical (unpaired) electrons. The van der Waals surface area contributed by atoms with Crippen molar-refractivity contribution in [2.24, 2.45) is 0 Å². The van der Waals surface area contributed by atoms with Crippen LogP contribution in [0.4, 0.5) is 23.7 Å². The van der Waals surface area contributed by atoms with E-state index in [1.807, 2.05) is 0 Å². The molecule has 11 heteroatoms. The van der Waals surface area contributed by atoms with E-state index in [0.717, 1.165) is 12.8 Å². The lowest BCUT2D eigenvalue weighted by Crippen LogP contribution is -2.32. The summed E-state index contributed by atoms with van der Waals surface area (Å²) in [5.74, 6) is 1.14. The van der Waals surface area contributed by atoms with Crippen LogP contribution < -0.4 is 24.8 Å². The van der Waals surface area contributed by atoms with Crippen LogP contribution in [0.5, 0.6) is 17.2 Å². The molecule has 0 aliphatic heterocycles. The van der Waals surface area contributed by atoms with E-state index in [0.29, 0.717) is 41.5 Å². The summed E-state index contributed by atoms with van der Waals surface area (Å²) in [6.45, 7) is 0.253. The Kier molecular flexibility index (Phi) is 6.81. The second kappa shape index (κ2) is 9.36. The fraction of sp³-hybridized carbons (Fsp3) is 0.500. The summed E-state index contributed by atoms with van der Waals surface area (Å²) in [5, 5.41) is 9.06. The molecule has 1 aliphatic rings. The van der Waals surface area contributed by atoms with Crippen molar-refractivity contribution in [1.82, 2.24) is 15.1 Å². The second-order valence-electron chi connectivity index (χ2n) is 7.00. The first kappa shape index (κ1) is 22.6. The summed E-state index contributed by atoms with van der Waals surface area (Å²) in [6, 6.07) is 2.62. The van der Waals surface area contributed by atoms with Crippen LogP contribution in [0, 0.1) is 0 Å². The fourth-order valence-electron chi connectivity index (χ4n) is 3.69. The Labute approximate surface area is 177 Å². The van der Waals surface area contributed by atoms with Crippen LogP contribution in [0.1, 0.15) is 29.8 Å². The van der Waals surface area contributed by atoms with Gasteiger partial charge >= 0.3 is 12.2 Å². The summed E-state index contributed by atoms with van der Waals surface area (Å²) in [5.41, 5.74) is 0.470. The van der Waals surface area contributed by atoms with Crippen molar-refractivity contribution in [2.45, 2.75) is 38.4 Å². The van der Waals surface area contributed by atoms with Crippen molar-refractivity contribution in [3.63, 3.8) is 0 Å². The summed E-state index contributed by atoms with van der Waals surface area (Å²) < 4.78 is 56.9. The van der Waals surface area contributed by atoms with Gasteiger partial charge in [0, 0.05) is 29.9 Å². The zero-order valence-corrected chi connectivity index (χ0v) is 17.6. The lowest BCUT2D eigenvalue weighted by Gasteiger charge is -2.16. The van der Waals surface area contributed by atoms with Crippen LogP contribution in [0.3, 0.4) is 0 Å². The number of fused-ring (bicyclic) bond motifs is 1. The van der Waals surface area contributed by atoms with Gasteiger partial charge in [0.15, 0.2) is 17.2 Å². The molecule has 3 rings (SSSR count). The third-order valence-corrected chi connectivity index (χ3v) is 5.06. The largest absolute Gasteiger partial charge is 0.493 e. The highest BCUT2D eigenvalue weighted by molar-refractivity contribution is 5.90. The van der Waals surface area contributed by atoms with Crippen LogP contribution >= 0.6 is 0 Å². The van der Waals surface area contributed by atoms with E-state index in [-0.39, 0.29) is 18.7 Å². The molecule has 31 heavy (non-hydrogen) atoms. The topological polar surface area (TPSA) is 86.6 Å². The summed E-state index contributed by atoms with van der Waals surface area (Å²) >= 11 is 0. The van der Waals surface area contributed by atoms with Gasteiger partial charge in [0.2, 0.25) is 5.75 Å². The lowest BCUT2D eigenvalue weighted by atomic mass is 9.95. The molecule has 1 heterocycles. The molecule has 8 nitrogen and oxygen atoms in total. The smallest absolute Gasteiger partial charge is 0.435 e. The standard InChI is InChI=1S/C20H25F3N4O4/c1-29-15-10-12(11-16(30-2)17(15)31-3)25-19(28)24-8-9-27-14-7-5-4-6-13(14)18(26-27)20(21,22)23/h10-11H,4-9H2,1-3H3,(H2,24,25,28). The summed E-state index contributed by atoms with van der Waals surface area (Å²) in [4.78, 5) is 12.3. The molecule has 2 amide bonds. The minimum absolute atomic E-state index is 0.113. The first-order valence-electron chi connectivity index (χ1n) is 9.79. The number of rotatable bonds is 7. The average Bonchev–Trinajstić information content (AvgIpc) is 3.12. The van der Waals surface area contributed by atoms with E-state index in [4.69, 9.17) is 14.2 Å². The van der Waals surface area contributed by atoms with Gasteiger partial charge in [-0.2, -0.15) is 18.3 Å². The number of carbonyl (C=O) groups excluding carboxylic acids is 1. The zero-order chi connectivity index (χ0) is 22.6. The van der Waals surface area contributed by atoms with Gasteiger partial charge < -0.3 is 24.8 Å². The number of benzene rings is 1. The summed E-state index contributed by atoms with van der Waals surface area (Å²) in [6.07, 6.45) is -2.01. The fourth-order valence-corrected chi connectivity index (χ4v) is 3.69. The Morgan fingerprint density at radius 3 is 2.32 bits per heavy atom. The molecular formula is C20H25F3N4O4. The third-order valence-electron chi connectivity index (χ3n) is 5.06. The molecule has 1 aromatic carbocycles. The van der Waals surface area contributed by atoms with Crippen molar-refractivity contribution >= 4 is 11.7 Å². The van der Waals surface area contributed by atoms with Gasteiger partial charge in [-0.3, -0.25) is 4.68 Å². The minimum atomic E-state index is -4.48. The van der Waals surface area contributed by atoms with Crippen LogP contribution in [0.15, 0.2) is 12.1 Å². The molecule has 170 valence electrons. The van der Waals surface area contributed by atoms with E-state index < -0.39 is 17.9 Å². The van der Waals surface area contributed by atoms with E-state index in [2.05, 4.69) is 15.7 Å². The molecule has 0 saturated carbocycles. The number of halogens is 3. The van der Waals surface area contributed by atoms with E-state index in [9.17, 15) is 18.0 Å². The van der Waals surface area contributed by atoms with Crippen molar-refractivity contribution in [3.8, 4) is 17.2 Å². The van der Waals surface area contributed by atoms with Crippen LogP contribution in [0.2, 0.25) is 0 Å². The number of nitrogens with zero attached hydrogens (tertiary/aromatic N) is 2. The predicted molar refractivity (Wildman–Crippen MR) is 107 cm³/mol. The Hall–Kier alpha value is -3.11. The maximum Gasteiger partial charge on any atom is 0.435 e. The molecule has 0 bridgehead atoms. The highest BCUT2D eigenvalue weighted by Crippen LogP contribution is 2.40. The zero-order valence-electron chi connectivity index (χ0n) is 17.6. The minimum Gasteiger partial charge on any atom is -0.493 e. The summed E-state index contributed by atoms with van der Waals surface area (Å²) in [7, 11) is 4.39. The van der Waals surface area contributed by atoms with Gasteiger partial charge in [-0.1, -0.05) is 0 Å². The Morgan fingerprint density at radius 1 is 1.10 bits per heavy atom. The van der Waals surface area contributed by atoms with Crippen LogP contribution in [-0.4, -0.2) is 43.7 Å². The molecule has 1 aromatic heterocycles. The Bertz CT molecular complexity index is 918. The van der Waals surface area contributed by atoms with E-state index in [1.54, 1.807) is 12.1 Å². The number of hydrogen-bond acceptors (Lipinski definition) is 5. The van der Waals surface area contributed by atoms with Crippen molar-refractivity contribution in [1.29, 1.82) is 0 Å². The molecular weight excluding hydrogens is 417 g/mol. The maximum absolute atomic E-state index is 13.3. The van der Waals surface area contributed by atoms with E-state index >= 15 is 0 Å². The van der Waals surface area contributed by atoms with Crippen LogP contribution in [0.25, 0.3) is 0 Å². The number of ether oxygens (including phenoxy) is 3. The number of hydrogen-bond donors (Lipinski definition) is 2. The number of anilines is 1. The number of carbonyl (C=O) groups is 1. The first-order valence-corrected chi connectivity index (χ1v) is 9.79. The van der Waals surface area contributed by atoms with Crippen molar-refractivity contribution in [2.75, 3.05) is 33.2 Å². The highest BCUT2D eigenvalue weighted by Gasteiger charge is 2.39. The van der Waals surface area contributed by atoms with Gasteiger partial charge in [-0.05, 0) is 25.7 Å². The lowest BCUT2D eigenvalue weighted by molar-refractivity contribution is -0.142. The third kappa shape index (κ3) is 4.97. The van der Waals surface area contributed by atoms with Crippen molar-refractivity contribution in [3.05, 3.63) is 29.1 Å². The van der Waals surface area contributed by atoms with E-state index in [1.165, 1.54) is 26.0 Å². The maximum atomic E-state index is 13.3. The second-order valence-corrected chi connectivity index (χ2v) is 7.00. The first-order chi connectivity index (χ1) is 14.8. The highest BCUT2D eigenvalue weighted by atomic mass is 19.4. The molecule has 2 aromatic rings. The SMILES string of the molecule is COc1cc(NC(=O)NCCn2nc(C(F)(F)F)c3c2CCCC3)cc(OC)c1OC. The van der Waals surface area contributed by atoms with Gasteiger partial charge in [-0.25, -0.2) is 4.79 Å². The quantitative estimate of drug-likeness (QED) is 0.684. The normalized spacial score (nSPS) is 13.4. The molecule has 0 spiro atoms. The molecule has 2 N–H and O–H groups in total. The molecule has 0 unspecified atom stereocenters. The number of nitrogens with one attached hydrogen (secondary N) is 2. The van der Waals surface area contributed by atoms with Gasteiger partial charge in [0.05, 0.1) is 33.6 Å². The molecule has 0 atom stereocenters. The predicted octanol–water partition coefficient (Wildman–Crippen LogP) is 3.63. The molecule has 0 saturated heterocycles. The van der Waals surface area contributed by atoms with Gasteiger partial charge in [0.1, 0.15) is 0 Å². The Morgan fingerprint density at radius 2 is 1.74 bits per heavy atom.